The number of benzene rings is 2. The summed E-state index contributed by atoms with van der Waals surface area (Å²) in [5.74, 6) is 1.32. The predicted octanol–water partition coefficient (Wildman–Crippen LogP) is 5.31. The lowest BCUT2D eigenvalue weighted by Gasteiger charge is -2.60. The summed E-state index contributed by atoms with van der Waals surface area (Å²) in [6.07, 6.45) is 5.64. The largest absolute Gasteiger partial charge is 0.493 e. The highest BCUT2D eigenvalue weighted by atomic mass is 17.3. The van der Waals surface area contributed by atoms with Gasteiger partial charge in [0.2, 0.25) is 11.5 Å². The van der Waals surface area contributed by atoms with Crippen LogP contribution in [0.25, 0.3) is 6.08 Å². The number of hydrogen-bond acceptors (Lipinski definition) is 10. The molecule has 11 nitrogen and oxygen atoms in total. The van der Waals surface area contributed by atoms with Gasteiger partial charge in [0, 0.05) is 23.8 Å². The Balaban J connectivity index is 1.05. The number of carbonyl (C=O) groups is 2. The maximum atomic E-state index is 13.0. The zero-order valence-electron chi connectivity index (χ0n) is 27.2. The molecular formula is C35H43NO10. The minimum absolute atomic E-state index is 0.0247. The van der Waals surface area contributed by atoms with Crippen LogP contribution in [-0.2, 0) is 24.0 Å². The Kier molecular flexibility index (Phi) is 9.04. The van der Waals surface area contributed by atoms with Gasteiger partial charge in [0.05, 0.1) is 21.3 Å². The number of methoxy groups -OCH3 is 3. The molecule has 5 fully saturated rings. The van der Waals surface area contributed by atoms with Crippen LogP contribution >= 0.6 is 0 Å². The maximum Gasteiger partial charge on any atom is 0.259 e. The number of ether oxygens (including phenoxy) is 6. The molecule has 1 aliphatic carbocycles. The van der Waals surface area contributed by atoms with Crippen molar-refractivity contribution < 1.29 is 47.8 Å². The molecule has 1 N–H and O–H groups in total. The third-order valence-electron chi connectivity index (χ3n) is 10.1. The summed E-state index contributed by atoms with van der Waals surface area (Å²) in [6.45, 7) is 6.02. The first-order valence-corrected chi connectivity index (χ1v) is 15.9. The van der Waals surface area contributed by atoms with Gasteiger partial charge in [-0.05, 0) is 86.1 Å². The summed E-state index contributed by atoms with van der Waals surface area (Å²) < 4.78 is 34.7. The van der Waals surface area contributed by atoms with Gasteiger partial charge in [-0.25, -0.2) is 9.78 Å². The lowest BCUT2D eigenvalue weighted by atomic mass is 9.58. The van der Waals surface area contributed by atoms with E-state index < -0.39 is 23.9 Å². The third-order valence-corrected chi connectivity index (χ3v) is 10.1. The molecule has 2 aromatic carbocycles. The van der Waals surface area contributed by atoms with Gasteiger partial charge in [-0.3, -0.25) is 9.59 Å². The fourth-order valence-corrected chi connectivity index (χ4v) is 7.60. The molecule has 248 valence electrons. The summed E-state index contributed by atoms with van der Waals surface area (Å²) in [5, 5.41) is 3.01. The molecule has 0 aromatic heterocycles. The number of allylic oxidation sites excluding steroid dienone is 1. The summed E-state index contributed by atoms with van der Waals surface area (Å²) in [5.41, 5.74) is 0.496. The molecule has 11 heteroatoms. The lowest BCUT2D eigenvalue weighted by Crippen LogP contribution is -2.72. The minimum atomic E-state index is -0.879. The Morgan fingerprint density at radius 3 is 2.35 bits per heavy atom. The molecule has 1 spiro atoms. The second-order valence-corrected chi connectivity index (χ2v) is 12.9. The minimum Gasteiger partial charge on any atom is -0.493 e. The summed E-state index contributed by atoms with van der Waals surface area (Å²) in [4.78, 5) is 37.9. The molecule has 4 heterocycles. The highest BCUT2D eigenvalue weighted by molar-refractivity contribution is 6.06. The van der Waals surface area contributed by atoms with E-state index in [1.54, 1.807) is 42.5 Å². The number of rotatable bonds is 10. The van der Waals surface area contributed by atoms with Crippen LogP contribution in [-0.4, -0.2) is 63.5 Å². The van der Waals surface area contributed by atoms with Crippen molar-refractivity contribution in [3.05, 3.63) is 53.6 Å². The zero-order valence-corrected chi connectivity index (χ0v) is 27.2. The quantitative estimate of drug-likeness (QED) is 0.209. The molecule has 1 saturated carbocycles. The van der Waals surface area contributed by atoms with Crippen LogP contribution in [0, 0.1) is 23.7 Å². The smallest absolute Gasteiger partial charge is 0.259 e. The Morgan fingerprint density at radius 2 is 1.67 bits per heavy atom. The van der Waals surface area contributed by atoms with E-state index in [1.807, 2.05) is 6.92 Å². The van der Waals surface area contributed by atoms with E-state index in [0.29, 0.717) is 40.0 Å². The SMILES string of the molecule is COc1cc(/C=C/C(=O)c2ccc(OCC(=O)N[C@H]3O[C@@H]4O[C@]5(C)CC[C@H]6[C@H](C)CC[C@@H]([C@H]3C)[C@@]46OO5)cc2)cc(OC)c1OC. The van der Waals surface area contributed by atoms with Crippen LogP contribution in [0.4, 0.5) is 0 Å². The van der Waals surface area contributed by atoms with E-state index in [-0.39, 0.29) is 36.1 Å². The second-order valence-electron chi connectivity index (χ2n) is 12.9. The van der Waals surface area contributed by atoms with Gasteiger partial charge in [0.1, 0.15) is 12.0 Å². The first kappa shape index (κ1) is 32.3. The van der Waals surface area contributed by atoms with Crippen LogP contribution in [0.5, 0.6) is 23.0 Å². The summed E-state index contributed by atoms with van der Waals surface area (Å²) >= 11 is 0. The third kappa shape index (κ3) is 5.85. The molecule has 0 unspecified atom stereocenters. The Labute approximate surface area is 269 Å². The fraction of sp³-hybridized carbons (Fsp3) is 0.543. The molecule has 46 heavy (non-hydrogen) atoms. The topological polar surface area (TPSA) is 120 Å². The van der Waals surface area contributed by atoms with Crippen molar-refractivity contribution in [1.82, 2.24) is 5.32 Å². The van der Waals surface area contributed by atoms with Gasteiger partial charge in [0.15, 0.2) is 35.8 Å². The monoisotopic (exact) mass is 637 g/mol. The van der Waals surface area contributed by atoms with Gasteiger partial charge in [-0.1, -0.05) is 19.9 Å². The summed E-state index contributed by atoms with van der Waals surface area (Å²) in [6, 6.07) is 10.1. The van der Waals surface area contributed by atoms with Gasteiger partial charge in [0.25, 0.3) is 5.91 Å². The van der Waals surface area contributed by atoms with Crippen molar-refractivity contribution in [1.29, 1.82) is 0 Å². The summed E-state index contributed by atoms with van der Waals surface area (Å²) in [7, 11) is 4.60. The lowest BCUT2D eigenvalue weighted by molar-refractivity contribution is -0.571. The molecule has 2 bridgehead atoms. The van der Waals surface area contributed by atoms with Crippen molar-refractivity contribution >= 4 is 17.8 Å². The van der Waals surface area contributed by atoms with Crippen molar-refractivity contribution in [2.45, 2.75) is 70.4 Å². The van der Waals surface area contributed by atoms with Crippen LogP contribution in [0.15, 0.2) is 42.5 Å². The van der Waals surface area contributed by atoms with Gasteiger partial charge < -0.3 is 33.7 Å². The number of amides is 1. The molecular weight excluding hydrogens is 594 g/mol. The number of ketones is 1. The van der Waals surface area contributed by atoms with E-state index in [2.05, 4.69) is 19.2 Å². The van der Waals surface area contributed by atoms with Gasteiger partial charge >= 0.3 is 0 Å². The number of nitrogens with one attached hydrogen (secondary N) is 1. The van der Waals surface area contributed by atoms with Crippen molar-refractivity contribution in [2.24, 2.45) is 23.7 Å². The van der Waals surface area contributed by atoms with Gasteiger partial charge in [-0.15, -0.1) is 0 Å². The maximum absolute atomic E-state index is 13.0. The first-order valence-electron chi connectivity index (χ1n) is 15.9. The first-order chi connectivity index (χ1) is 22.1. The normalized spacial score (nSPS) is 33.1. The molecule has 4 saturated heterocycles. The average molecular weight is 638 g/mol. The van der Waals surface area contributed by atoms with E-state index in [1.165, 1.54) is 27.4 Å². The van der Waals surface area contributed by atoms with Crippen molar-refractivity contribution in [3.63, 3.8) is 0 Å². The molecule has 7 rings (SSSR count). The van der Waals surface area contributed by atoms with Gasteiger partial charge in [-0.2, -0.15) is 0 Å². The van der Waals surface area contributed by atoms with E-state index >= 15 is 0 Å². The Hall–Kier alpha value is -3.64. The molecule has 5 aliphatic rings. The van der Waals surface area contributed by atoms with Crippen LogP contribution in [0.3, 0.4) is 0 Å². The molecule has 1 amide bonds. The predicted molar refractivity (Wildman–Crippen MR) is 166 cm³/mol. The van der Waals surface area contributed by atoms with E-state index in [4.69, 9.17) is 38.2 Å². The molecule has 8 atom stereocenters. The number of carbonyl (C=O) groups excluding carboxylic acids is 2. The fourth-order valence-electron chi connectivity index (χ4n) is 7.60. The second kappa shape index (κ2) is 12.9. The molecule has 0 radical (unpaired) electrons. The standard InChI is InChI=1S/C35H43NO10/c1-20-7-13-26-21(2)32(43-33-35(26)25(20)15-16-34(3,44-33)45-46-35)36-30(38)19-42-24-11-9-23(10-12-24)27(37)14-8-22-17-28(39-4)31(41-6)29(18-22)40-5/h8-12,14,17-18,20-21,25-26,32-33H,7,13,15-16,19H2,1-6H3,(H,36,38)/b14-8+/t20-,21-,25+,26+,32+,33-,34+,35-/m1/s1. The molecule has 4 aliphatic heterocycles. The van der Waals surface area contributed by atoms with Crippen molar-refractivity contribution in [2.75, 3.05) is 27.9 Å². The van der Waals surface area contributed by atoms with Crippen LogP contribution < -0.4 is 24.3 Å². The Morgan fingerprint density at radius 1 is 0.957 bits per heavy atom. The van der Waals surface area contributed by atoms with Crippen LogP contribution in [0.1, 0.15) is 62.4 Å². The zero-order chi connectivity index (χ0) is 32.6. The highest BCUT2D eigenvalue weighted by Crippen LogP contribution is 2.60. The van der Waals surface area contributed by atoms with E-state index in [0.717, 1.165) is 25.7 Å². The van der Waals surface area contributed by atoms with E-state index in [9.17, 15) is 9.59 Å². The molecule has 2 aromatic rings. The average Bonchev–Trinajstić information content (AvgIpc) is 3.30. The number of fused-ring (bicyclic) bond motifs is 2. The van der Waals surface area contributed by atoms with Crippen LogP contribution in [0.2, 0.25) is 0 Å². The number of hydrogen-bond donors (Lipinski definition) is 1. The van der Waals surface area contributed by atoms with Crippen molar-refractivity contribution in [3.8, 4) is 23.0 Å². The Bertz CT molecular complexity index is 1450. The highest BCUT2D eigenvalue weighted by Gasteiger charge is 2.69.